The van der Waals surface area contributed by atoms with Crippen molar-refractivity contribution in [1.82, 2.24) is 10.2 Å². The van der Waals surface area contributed by atoms with Gasteiger partial charge >= 0.3 is 0 Å². The van der Waals surface area contributed by atoms with Crippen molar-refractivity contribution < 1.29 is 4.79 Å². The topological polar surface area (TPSA) is 32.3 Å². The molecule has 3 aliphatic rings. The highest BCUT2D eigenvalue weighted by Gasteiger charge is 2.33. The number of likely N-dealkylation sites (tertiary alicyclic amines) is 1. The highest BCUT2D eigenvalue weighted by Crippen LogP contribution is 2.31. The van der Waals surface area contributed by atoms with Crippen LogP contribution in [0, 0.1) is 5.92 Å². The number of halogens is 1. The van der Waals surface area contributed by atoms with Crippen LogP contribution >= 0.6 is 22.6 Å². The smallest absolute Gasteiger partial charge is 0.149 e. The minimum atomic E-state index is 0.355. The molecule has 2 saturated heterocycles. The molecule has 2 atom stereocenters. The number of carbonyl (C=O) groups excluding carboxylic acids is 1. The fourth-order valence-electron chi connectivity index (χ4n) is 4.58. The third-order valence-corrected chi connectivity index (χ3v) is 7.19. The van der Waals surface area contributed by atoms with Gasteiger partial charge in [-0.2, -0.15) is 0 Å². The monoisotopic (exact) mass is 418 g/mol. The van der Waals surface area contributed by atoms with Gasteiger partial charge in [0.15, 0.2) is 0 Å². The van der Waals surface area contributed by atoms with Crippen molar-refractivity contribution in [3.8, 4) is 0 Å². The van der Waals surface area contributed by atoms with E-state index in [9.17, 15) is 4.79 Å². The zero-order valence-corrected chi connectivity index (χ0v) is 15.9. The molecule has 1 saturated carbocycles. The number of rotatable bonds is 4. The van der Waals surface area contributed by atoms with Gasteiger partial charge in [-0.05, 0) is 64.5 Å². The number of piperidine rings is 2. The predicted octanol–water partition coefficient (Wildman–Crippen LogP) is 3.55. The van der Waals surface area contributed by atoms with Gasteiger partial charge in [0.1, 0.15) is 5.78 Å². The lowest BCUT2D eigenvalue weighted by Gasteiger charge is -2.42. The average Bonchev–Trinajstić information content (AvgIpc) is 2.57. The van der Waals surface area contributed by atoms with Crippen LogP contribution in [0.2, 0.25) is 0 Å². The van der Waals surface area contributed by atoms with Crippen molar-refractivity contribution in [3.63, 3.8) is 0 Å². The summed E-state index contributed by atoms with van der Waals surface area (Å²) in [6.45, 7) is 3.03. The Balaban J connectivity index is 1.55. The largest absolute Gasteiger partial charge is 0.312 e. The van der Waals surface area contributed by atoms with Crippen LogP contribution in [0.15, 0.2) is 0 Å². The summed E-state index contributed by atoms with van der Waals surface area (Å²) < 4.78 is 0.802. The van der Waals surface area contributed by atoms with Crippen LogP contribution < -0.4 is 5.32 Å². The molecule has 0 aromatic heterocycles. The van der Waals surface area contributed by atoms with Gasteiger partial charge in [-0.3, -0.25) is 9.69 Å². The van der Waals surface area contributed by atoms with Crippen molar-refractivity contribution in [2.45, 2.75) is 80.2 Å². The number of hydrogen-bond donors (Lipinski definition) is 1. The molecule has 2 unspecified atom stereocenters. The Labute approximate surface area is 149 Å². The lowest BCUT2D eigenvalue weighted by Crippen LogP contribution is -2.55. The van der Waals surface area contributed by atoms with Gasteiger partial charge in [0.05, 0.1) is 6.54 Å². The number of ketones is 1. The van der Waals surface area contributed by atoms with E-state index < -0.39 is 0 Å². The Hall–Kier alpha value is 0.320. The van der Waals surface area contributed by atoms with Crippen LogP contribution in [0.3, 0.4) is 0 Å². The van der Waals surface area contributed by atoms with E-state index in [2.05, 4.69) is 32.8 Å². The lowest BCUT2D eigenvalue weighted by atomic mass is 9.85. The predicted molar refractivity (Wildman–Crippen MR) is 99.6 cm³/mol. The Bertz CT molecular complexity index is 362. The number of hydrogen-bond acceptors (Lipinski definition) is 3. The molecule has 1 N–H and O–H groups in total. The molecule has 2 aliphatic heterocycles. The fraction of sp³-hybridized carbons (Fsp3) is 0.944. The van der Waals surface area contributed by atoms with Crippen LogP contribution in [0.25, 0.3) is 0 Å². The fourth-order valence-corrected chi connectivity index (χ4v) is 5.30. The normalized spacial score (nSPS) is 37.9. The van der Waals surface area contributed by atoms with Crippen LogP contribution in [0.5, 0.6) is 0 Å². The van der Waals surface area contributed by atoms with E-state index in [1.807, 2.05) is 0 Å². The maximum absolute atomic E-state index is 12.7. The van der Waals surface area contributed by atoms with E-state index in [-0.39, 0.29) is 0 Å². The summed E-state index contributed by atoms with van der Waals surface area (Å²) >= 11 is 2.55. The highest BCUT2D eigenvalue weighted by molar-refractivity contribution is 14.1. The first kappa shape index (κ1) is 17.2. The molecule has 3 nitrogen and oxygen atoms in total. The van der Waals surface area contributed by atoms with Gasteiger partial charge in [-0.1, -0.05) is 35.4 Å². The van der Waals surface area contributed by atoms with Crippen molar-refractivity contribution >= 4 is 28.4 Å². The van der Waals surface area contributed by atoms with Gasteiger partial charge in [0, 0.05) is 21.9 Å². The molecule has 4 heteroatoms. The molecule has 0 bridgehead atoms. The van der Waals surface area contributed by atoms with Crippen LogP contribution in [0.4, 0.5) is 0 Å². The second kappa shape index (κ2) is 8.43. The standard InChI is InChI=1S/C18H31IN2O/c19-15-9-7-14(8-10-15)18(22)13-21-12-4-2-6-17(21)16-5-1-3-11-20-16/h14-17,20H,1-13H2. The quantitative estimate of drug-likeness (QED) is 0.560. The number of alkyl halides is 1. The Kier molecular flexibility index (Phi) is 6.57. The molecular weight excluding hydrogens is 387 g/mol. The average molecular weight is 418 g/mol. The molecule has 0 spiro atoms. The summed E-state index contributed by atoms with van der Waals surface area (Å²) in [4.78, 5) is 15.3. The third-order valence-electron chi connectivity index (χ3n) is 5.95. The van der Waals surface area contributed by atoms with E-state index in [0.29, 0.717) is 23.8 Å². The highest BCUT2D eigenvalue weighted by atomic mass is 127. The van der Waals surface area contributed by atoms with E-state index >= 15 is 0 Å². The first-order chi connectivity index (χ1) is 10.7. The summed E-state index contributed by atoms with van der Waals surface area (Å²) in [5.74, 6) is 0.888. The van der Waals surface area contributed by atoms with E-state index in [4.69, 9.17) is 0 Å². The summed E-state index contributed by atoms with van der Waals surface area (Å²) in [6.07, 6.45) is 12.6. The molecule has 3 fully saturated rings. The summed E-state index contributed by atoms with van der Waals surface area (Å²) in [6, 6.07) is 1.24. The minimum absolute atomic E-state index is 0.355. The molecule has 0 radical (unpaired) electrons. The van der Waals surface area contributed by atoms with Gasteiger partial charge in [-0.15, -0.1) is 0 Å². The third kappa shape index (κ3) is 4.44. The first-order valence-corrected chi connectivity index (χ1v) is 10.6. The van der Waals surface area contributed by atoms with Crippen LogP contribution in [-0.2, 0) is 4.79 Å². The molecule has 22 heavy (non-hydrogen) atoms. The molecule has 2 heterocycles. The van der Waals surface area contributed by atoms with E-state index in [1.54, 1.807) is 0 Å². The molecule has 3 rings (SSSR count). The zero-order chi connectivity index (χ0) is 15.4. The van der Waals surface area contributed by atoms with Crippen molar-refractivity contribution in [3.05, 3.63) is 0 Å². The van der Waals surface area contributed by atoms with E-state index in [1.165, 1.54) is 57.9 Å². The summed E-state index contributed by atoms with van der Waals surface area (Å²) in [7, 11) is 0. The Morgan fingerprint density at radius 2 is 1.77 bits per heavy atom. The summed E-state index contributed by atoms with van der Waals surface area (Å²) in [5.41, 5.74) is 0. The maximum Gasteiger partial charge on any atom is 0.149 e. The Morgan fingerprint density at radius 1 is 1.00 bits per heavy atom. The van der Waals surface area contributed by atoms with Gasteiger partial charge in [0.2, 0.25) is 0 Å². The molecule has 1 aliphatic carbocycles. The summed E-state index contributed by atoms with van der Waals surface area (Å²) in [5, 5.41) is 3.72. The maximum atomic E-state index is 12.7. The van der Waals surface area contributed by atoms with Crippen LogP contribution in [-0.4, -0.2) is 46.3 Å². The molecule has 0 amide bonds. The zero-order valence-electron chi connectivity index (χ0n) is 13.7. The minimum Gasteiger partial charge on any atom is -0.312 e. The van der Waals surface area contributed by atoms with Crippen LogP contribution in [0.1, 0.15) is 64.2 Å². The van der Waals surface area contributed by atoms with Crippen molar-refractivity contribution in [2.24, 2.45) is 5.92 Å². The van der Waals surface area contributed by atoms with Gasteiger partial charge in [-0.25, -0.2) is 0 Å². The number of carbonyl (C=O) groups is 1. The van der Waals surface area contributed by atoms with Crippen molar-refractivity contribution in [1.29, 1.82) is 0 Å². The second-order valence-corrected chi connectivity index (χ2v) is 9.27. The van der Waals surface area contributed by atoms with Crippen molar-refractivity contribution in [2.75, 3.05) is 19.6 Å². The first-order valence-electron chi connectivity index (χ1n) is 9.38. The number of nitrogens with zero attached hydrogens (tertiary/aromatic N) is 1. The molecule has 126 valence electrons. The lowest BCUT2D eigenvalue weighted by molar-refractivity contribution is -0.126. The molecule has 0 aromatic carbocycles. The second-order valence-electron chi connectivity index (χ2n) is 7.51. The number of nitrogens with one attached hydrogen (secondary N) is 1. The Morgan fingerprint density at radius 3 is 2.50 bits per heavy atom. The van der Waals surface area contributed by atoms with Gasteiger partial charge in [0.25, 0.3) is 0 Å². The van der Waals surface area contributed by atoms with E-state index in [0.717, 1.165) is 29.9 Å². The SMILES string of the molecule is O=C(CN1CCCCC1C1CCCCN1)C1CCC(I)CC1. The van der Waals surface area contributed by atoms with Gasteiger partial charge < -0.3 is 5.32 Å². The molecule has 0 aromatic rings. The number of Topliss-reactive ketones (excluding diaryl/α,β-unsaturated/α-hetero) is 1. The molecular formula is C18H31IN2O.